The first-order valence-electron chi connectivity index (χ1n) is 7.81. The van der Waals surface area contributed by atoms with Gasteiger partial charge in [-0.25, -0.2) is 4.39 Å². The number of para-hydroxylation sites is 1. The molecule has 0 saturated heterocycles. The first-order valence-corrected chi connectivity index (χ1v) is 8.85. The Hall–Kier alpha value is -1.00. The van der Waals surface area contributed by atoms with Crippen molar-refractivity contribution in [2.24, 2.45) is 0 Å². The Kier molecular flexibility index (Phi) is 4.86. The molecule has 4 heteroatoms. The Morgan fingerprint density at radius 3 is 2.90 bits per heavy atom. The predicted molar refractivity (Wildman–Crippen MR) is 87.3 cm³/mol. The summed E-state index contributed by atoms with van der Waals surface area (Å²) < 4.78 is 19.5. The molecule has 1 unspecified atom stereocenters. The molecule has 1 saturated carbocycles. The fraction of sp³-hybridized carbons (Fsp3) is 0.529. The van der Waals surface area contributed by atoms with Crippen LogP contribution in [0, 0.1) is 5.82 Å². The van der Waals surface area contributed by atoms with Gasteiger partial charge in [0.1, 0.15) is 5.76 Å². The molecule has 2 aromatic rings. The van der Waals surface area contributed by atoms with E-state index in [0.717, 1.165) is 28.7 Å². The summed E-state index contributed by atoms with van der Waals surface area (Å²) in [6.45, 7) is 2.98. The van der Waals surface area contributed by atoms with E-state index in [2.05, 4.69) is 12.2 Å². The number of benzene rings is 1. The largest absolute Gasteiger partial charge is 0.456 e. The highest BCUT2D eigenvalue weighted by Gasteiger charge is 2.21. The lowest BCUT2D eigenvalue weighted by atomic mass is 10.2. The monoisotopic (exact) mass is 307 g/mol. The molecule has 2 nitrogen and oxygen atoms in total. The maximum absolute atomic E-state index is 13.8. The van der Waals surface area contributed by atoms with Crippen molar-refractivity contribution in [3.8, 4) is 0 Å². The van der Waals surface area contributed by atoms with Crippen molar-refractivity contribution < 1.29 is 8.81 Å². The summed E-state index contributed by atoms with van der Waals surface area (Å²) in [6.07, 6.45) is 5.38. The van der Waals surface area contributed by atoms with Crippen molar-refractivity contribution in [3.63, 3.8) is 0 Å². The molecule has 3 rings (SSSR count). The highest BCUT2D eigenvalue weighted by Crippen LogP contribution is 2.33. The van der Waals surface area contributed by atoms with Gasteiger partial charge in [-0.15, -0.1) is 0 Å². The molecule has 0 spiro atoms. The number of fused-ring (bicyclic) bond motifs is 1. The van der Waals surface area contributed by atoms with Crippen LogP contribution in [-0.2, 0) is 0 Å². The summed E-state index contributed by atoms with van der Waals surface area (Å²) in [5.74, 6) is 1.56. The molecule has 1 heterocycles. The van der Waals surface area contributed by atoms with E-state index in [1.807, 2.05) is 23.9 Å². The lowest BCUT2D eigenvalue weighted by Crippen LogP contribution is -2.23. The third-order valence-electron chi connectivity index (χ3n) is 4.11. The molecule has 1 aromatic heterocycles. The van der Waals surface area contributed by atoms with Crippen LogP contribution >= 0.6 is 11.8 Å². The van der Waals surface area contributed by atoms with Gasteiger partial charge < -0.3 is 9.73 Å². The molecule has 1 aliphatic rings. The van der Waals surface area contributed by atoms with E-state index in [1.165, 1.54) is 31.7 Å². The third-order valence-corrected chi connectivity index (χ3v) is 5.58. The number of nitrogens with one attached hydrogen (secondary N) is 1. The van der Waals surface area contributed by atoms with Crippen molar-refractivity contribution in [2.45, 2.75) is 43.9 Å². The van der Waals surface area contributed by atoms with Gasteiger partial charge in [0, 0.05) is 16.4 Å². The Balaban J connectivity index is 1.75. The average molecular weight is 307 g/mol. The number of hydrogen-bond donors (Lipinski definition) is 1. The van der Waals surface area contributed by atoms with Crippen LogP contribution in [0.2, 0.25) is 0 Å². The van der Waals surface area contributed by atoms with Gasteiger partial charge in [-0.05, 0) is 31.5 Å². The highest BCUT2D eigenvalue weighted by molar-refractivity contribution is 7.99. The fourth-order valence-corrected chi connectivity index (χ4v) is 4.41. The van der Waals surface area contributed by atoms with E-state index in [1.54, 1.807) is 6.07 Å². The second-order valence-electron chi connectivity index (χ2n) is 5.66. The van der Waals surface area contributed by atoms with Crippen LogP contribution in [0.1, 0.15) is 44.4 Å². The van der Waals surface area contributed by atoms with Crippen molar-refractivity contribution in [1.82, 2.24) is 5.32 Å². The Labute approximate surface area is 129 Å². The number of hydrogen-bond acceptors (Lipinski definition) is 3. The Morgan fingerprint density at radius 1 is 1.38 bits per heavy atom. The zero-order valence-corrected chi connectivity index (χ0v) is 13.2. The molecular formula is C17H22FNOS. The SMILES string of the molecule is CCNC(CSC1CCCC1)c1cc2cccc(F)c2o1. The second kappa shape index (κ2) is 6.84. The topological polar surface area (TPSA) is 25.2 Å². The van der Waals surface area contributed by atoms with E-state index >= 15 is 0 Å². The summed E-state index contributed by atoms with van der Waals surface area (Å²) in [6, 6.07) is 7.21. The van der Waals surface area contributed by atoms with Crippen LogP contribution in [-0.4, -0.2) is 17.5 Å². The molecular weight excluding hydrogens is 285 g/mol. The summed E-state index contributed by atoms with van der Waals surface area (Å²) in [7, 11) is 0. The number of thioether (sulfide) groups is 1. The summed E-state index contributed by atoms with van der Waals surface area (Å²) in [4.78, 5) is 0. The minimum absolute atomic E-state index is 0.160. The molecule has 1 fully saturated rings. The van der Waals surface area contributed by atoms with E-state index < -0.39 is 0 Å². The maximum atomic E-state index is 13.8. The second-order valence-corrected chi connectivity index (χ2v) is 6.99. The van der Waals surface area contributed by atoms with Gasteiger partial charge >= 0.3 is 0 Å². The summed E-state index contributed by atoms with van der Waals surface area (Å²) in [5.41, 5.74) is 0.376. The quantitative estimate of drug-likeness (QED) is 0.822. The van der Waals surface area contributed by atoms with E-state index in [9.17, 15) is 4.39 Å². The molecule has 1 N–H and O–H groups in total. The zero-order valence-electron chi connectivity index (χ0n) is 12.4. The van der Waals surface area contributed by atoms with Gasteiger partial charge in [0.05, 0.1) is 6.04 Å². The Morgan fingerprint density at radius 2 is 2.19 bits per heavy atom. The summed E-state index contributed by atoms with van der Waals surface area (Å²) in [5, 5.41) is 5.10. The first kappa shape index (κ1) is 14.9. The minimum atomic E-state index is -0.280. The van der Waals surface area contributed by atoms with Crippen molar-refractivity contribution in [3.05, 3.63) is 35.8 Å². The fourth-order valence-electron chi connectivity index (χ4n) is 2.99. The van der Waals surface area contributed by atoms with Crippen LogP contribution in [0.4, 0.5) is 4.39 Å². The van der Waals surface area contributed by atoms with Crippen LogP contribution < -0.4 is 5.32 Å². The van der Waals surface area contributed by atoms with Crippen molar-refractivity contribution in [2.75, 3.05) is 12.3 Å². The van der Waals surface area contributed by atoms with Crippen molar-refractivity contribution >= 4 is 22.7 Å². The number of rotatable bonds is 6. The van der Waals surface area contributed by atoms with Crippen LogP contribution in [0.15, 0.2) is 28.7 Å². The molecule has 0 radical (unpaired) electrons. The van der Waals surface area contributed by atoms with E-state index in [4.69, 9.17) is 4.42 Å². The van der Waals surface area contributed by atoms with Crippen LogP contribution in [0.25, 0.3) is 11.0 Å². The van der Waals surface area contributed by atoms with Gasteiger partial charge in [-0.1, -0.05) is 31.9 Å². The molecule has 1 atom stereocenters. The minimum Gasteiger partial charge on any atom is -0.456 e. The smallest absolute Gasteiger partial charge is 0.169 e. The molecule has 0 aliphatic heterocycles. The predicted octanol–water partition coefficient (Wildman–Crippen LogP) is 4.90. The van der Waals surface area contributed by atoms with E-state index in [-0.39, 0.29) is 11.9 Å². The molecule has 1 aliphatic carbocycles. The molecule has 0 amide bonds. The maximum Gasteiger partial charge on any atom is 0.169 e. The lowest BCUT2D eigenvalue weighted by molar-refractivity contribution is 0.453. The standard InChI is InChI=1S/C17H22FNOS/c1-2-19-15(11-21-13-7-3-4-8-13)16-10-12-6-5-9-14(18)17(12)20-16/h5-6,9-10,13,15,19H,2-4,7-8,11H2,1H3. The zero-order chi connectivity index (χ0) is 14.7. The lowest BCUT2D eigenvalue weighted by Gasteiger charge is -2.17. The van der Waals surface area contributed by atoms with Crippen LogP contribution in [0.5, 0.6) is 0 Å². The van der Waals surface area contributed by atoms with Gasteiger partial charge in [0.25, 0.3) is 0 Å². The molecule has 21 heavy (non-hydrogen) atoms. The highest BCUT2D eigenvalue weighted by atomic mass is 32.2. The molecule has 0 bridgehead atoms. The molecule has 114 valence electrons. The van der Waals surface area contributed by atoms with Crippen LogP contribution in [0.3, 0.4) is 0 Å². The van der Waals surface area contributed by atoms with Gasteiger partial charge in [-0.2, -0.15) is 11.8 Å². The van der Waals surface area contributed by atoms with E-state index in [0.29, 0.717) is 5.58 Å². The van der Waals surface area contributed by atoms with Gasteiger partial charge in [-0.3, -0.25) is 0 Å². The Bertz CT molecular complexity index is 591. The molecule has 1 aromatic carbocycles. The number of halogens is 1. The third kappa shape index (κ3) is 3.43. The summed E-state index contributed by atoms with van der Waals surface area (Å²) >= 11 is 2.02. The average Bonchev–Trinajstić information content (AvgIpc) is 3.13. The first-order chi connectivity index (χ1) is 10.3. The number of furan rings is 1. The normalized spacial score (nSPS) is 17.6. The van der Waals surface area contributed by atoms with Gasteiger partial charge in [0.15, 0.2) is 11.4 Å². The van der Waals surface area contributed by atoms with Gasteiger partial charge in [0.2, 0.25) is 0 Å². The van der Waals surface area contributed by atoms with Crippen molar-refractivity contribution in [1.29, 1.82) is 0 Å².